The summed E-state index contributed by atoms with van der Waals surface area (Å²) in [6, 6.07) is 7.34. The number of likely N-dealkylation sites (tertiary alicyclic amines) is 1. The van der Waals surface area contributed by atoms with Crippen molar-refractivity contribution in [1.82, 2.24) is 10.2 Å². The van der Waals surface area contributed by atoms with Gasteiger partial charge in [-0.25, -0.2) is 0 Å². The van der Waals surface area contributed by atoms with Crippen molar-refractivity contribution in [3.63, 3.8) is 0 Å². The normalized spacial score (nSPS) is 15.9. The Kier molecular flexibility index (Phi) is 6.07. The number of benzene rings is 1. The van der Waals surface area contributed by atoms with Gasteiger partial charge in [0.25, 0.3) is 0 Å². The summed E-state index contributed by atoms with van der Waals surface area (Å²) >= 11 is 0. The molecule has 0 atom stereocenters. The lowest BCUT2D eigenvalue weighted by Crippen LogP contribution is -2.32. The third kappa shape index (κ3) is 5.01. The molecule has 0 aromatic heterocycles. The first-order valence-electron chi connectivity index (χ1n) is 8.32. The van der Waals surface area contributed by atoms with Crippen LogP contribution in [0.1, 0.15) is 37.8 Å². The minimum absolute atomic E-state index is 0.522. The zero-order chi connectivity index (χ0) is 15.2. The molecule has 0 aliphatic carbocycles. The molecule has 1 saturated heterocycles. The minimum atomic E-state index is 0.522. The lowest BCUT2D eigenvalue weighted by atomic mass is 10.1. The molecule has 1 aliphatic rings. The molecule has 0 amide bonds. The van der Waals surface area contributed by atoms with E-state index < -0.39 is 0 Å². The fraction of sp³-hybridized carbons (Fsp3) is 0.667. The smallest absolute Gasteiger partial charge is 0.0409 e. The molecule has 0 saturated carbocycles. The van der Waals surface area contributed by atoms with Gasteiger partial charge in [-0.2, -0.15) is 0 Å². The zero-order valence-corrected chi connectivity index (χ0v) is 14.2. The maximum absolute atomic E-state index is 3.54. The van der Waals surface area contributed by atoms with Gasteiger partial charge in [0, 0.05) is 38.4 Å². The Morgan fingerprint density at radius 2 is 1.95 bits per heavy atom. The van der Waals surface area contributed by atoms with Crippen LogP contribution in [-0.4, -0.2) is 44.2 Å². The van der Waals surface area contributed by atoms with Gasteiger partial charge in [-0.05, 0) is 44.5 Å². The Bertz CT molecular complexity index is 436. The summed E-state index contributed by atoms with van der Waals surface area (Å²) < 4.78 is 0. The van der Waals surface area contributed by atoms with Gasteiger partial charge in [-0.3, -0.25) is 0 Å². The Hall–Kier alpha value is -1.06. The fourth-order valence-corrected chi connectivity index (χ4v) is 2.96. The highest BCUT2D eigenvalue weighted by Gasteiger charge is 2.13. The van der Waals surface area contributed by atoms with Crippen molar-refractivity contribution in [3.8, 4) is 0 Å². The Balaban J connectivity index is 1.98. The van der Waals surface area contributed by atoms with Crippen molar-refractivity contribution in [2.24, 2.45) is 0 Å². The molecule has 1 fully saturated rings. The first-order valence-corrected chi connectivity index (χ1v) is 8.32. The van der Waals surface area contributed by atoms with Crippen LogP contribution in [0, 0.1) is 6.92 Å². The van der Waals surface area contributed by atoms with E-state index in [4.69, 9.17) is 0 Å². The molecule has 0 unspecified atom stereocenters. The van der Waals surface area contributed by atoms with Crippen LogP contribution >= 0.6 is 0 Å². The van der Waals surface area contributed by atoms with Crippen LogP contribution in [0.5, 0.6) is 0 Å². The van der Waals surface area contributed by atoms with E-state index in [0.717, 1.165) is 13.1 Å². The van der Waals surface area contributed by atoms with Gasteiger partial charge in [0.2, 0.25) is 0 Å². The predicted molar refractivity (Wildman–Crippen MR) is 92.1 cm³/mol. The molecule has 0 radical (unpaired) electrons. The summed E-state index contributed by atoms with van der Waals surface area (Å²) in [7, 11) is 2.22. The monoisotopic (exact) mass is 289 g/mol. The second kappa shape index (κ2) is 7.81. The Morgan fingerprint density at radius 3 is 2.62 bits per heavy atom. The second-order valence-electron chi connectivity index (χ2n) is 6.64. The Labute approximate surface area is 130 Å². The van der Waals surface area contributed by atoms with E-state index in [2.05, 4.69) is 61.1 Å². The van der Waals surface area contributed by atoms with E-state index in [1.54, 1.807) is 0 Å². The minimum Gasteiger partial charge on any atom is -0.373 e. The zero-order valence-electron chi connectivity index (χ0n) is 14.2. The maximum atomic E-state index is 3.54. The molecule has 2 rings (SSSR count). The van der Waals surface area contributed by atoms with E-state index in [1.165, 1.54) is 49.3 Å². The highest BCUT2D eigenvalue weighted by molar-refractivity contribution is 5.54. The van der Waals surface area contributed by atoms with E-state index in [-0.39, 0.29) is 0 Å². The molecule has 0 spiro atoms. The summed E-state index contributed by atoms with van der Waals surface area (Å²) in [6.45, 7) is 12.4. The van der Waals surface area contributed by atoms with Gasteiger partial charge in [0.1, 0.15) is 0 Å². The van der Waals surface area contributed by atoms with E-state index >= 15 is 0 Å². The maximum Gasteiger partial charge on any atom is 0.0409 e. The van der Waals surface area contributed by atoms with Gasteiger partial charge < -0.3 is 15.1 Å². The molecule has 21 heavy (non-hydrogen) atoms. The predicted octanol–water partition coefficient (Wildman–Crippen LogP) is 3.03. The Morgan fingerprint density at radius 1 is 1.24 bits per heavy atom. The molecule has 118 valence electrons. The SMILES string of the molecule is Cc1ccc(N(C)CCN2CCCC2)c(CNC(C)C)c1. The second-order valence-corrected chi connectivity index (χ2v) is 6.64. The molecule has 1 aromatic rings. The summed E-state index contributed by atoms with van der Waals surface area (Å²) in [5.41, 5.74) is 4.12. The van der Waals surface area contributed by atoms with Gasteiger partial charge >= 0.3 is 0 Å². The fourth-order valence-electron chi connectivity index (χ4n) is 2.96. The number of hydrogen-bond donors (Lipinski definition) is 1. The van der Waals surface area contributed by atoms with Crippen LogP contribution in [0.15, 0.2) is 18.2 Å². The number of rotatable bonds is 7. The van der Waals surface area contributed by atoms with Gasteiger partial charge in [0.15, 0.2) is 0 Å². The van der Waals surface area contributed by atoms with Crippen LogP contribution in [0.4, 0.5) is 5.69 Å². The average molecular weight is 289 g/mol. The number of nitrogens with zero attached hydrogens (tertiary/aromatic N) is 2. The van der Waals surface area contributed by atoms with Crippen LogP contribution < -0.4 is 10.2 Å². The lowest BCUT2D eigenvalue weighted by molar-refractivity contribution is 0.346. The number of nitrogens with one attached hydrogen (secondary N) is 1. The topological polar surface area (TPSA) is 18.5 Å². The van der Waals surface area contributed by atoms with Crippen LogP contribution in [0.25, 0.3) is 0 Å². The van der Waals surface area contributed by atoms with Crippen LogP contribution in [0.2, 0.25) is 0 Å². The van der Waals surface area contributed by atoms with Gasteiger partial charge in [0.05, 0.1) is 0 Å². The van der Waals surface area contributed by atoms with Crippen molar-refractivity contribution < 1.29 is 0 Å². The number of hydrogen-bond acceptors (Lipinski definition) is 3. The summed E-state index contributed by atoms with van der Waals surface area (Å²) in [6.07, 6.45) is 2.75. The van der Waals surface area contributed by atoms with E-state index in [0.29, 0.717) is 6.04 Å². The van der Waals surface area contributed by atoms with Crippen molar-refractivity contribution in [2.75, 3.05) is 38.1 Å². The number of likely N-dealkylation sites (N-methyl/N-ethyl adjacent to an activating group) is 1. The summed E-state index contributed by atoms with van der Waals surface area (Å²) in [4.78, 5) is 4.99. The molecule has 0 bridgehead atoms. The molecule has 1 N–H and O–H groups in total. The molecule has 1 heterocycles. The number of anilines is 1. The molecule has 1 aliphatic heterocycles. The molecule has 3 nitrogen and oxygen atoms in total. The van der Waals surface area contributed by atoms with Gasteiger partial charge in [-0.1, -0.05) is 31.5 Å². The third-order valence-electron chi connectivity index (χ3n) is 4.30. The molecular formula is C18H31N3. The van der Waals surface area contributed by atoms with Crippen molar-refractivity contribution in [1.29, 1.82) is 0 Å². The third-order valence-corrected chi connectivity index (χ3v) is 4.30. The highest BCUT2D eigenvalue weighted by Crippen LogP contribution is 2.21. The summed E-state index contributed by atoms with van der Waals surface area (Å²) in [5, 5.41) is 3.54. The van der Waals surface area contributed by atoms with Crippen molar-refractivity contribution in [2.45, 2.75) is 46.2 Å². The standard InChI is InChI=1S/C18H31N3/c1-15(2)19-14-17-13-16(3)7-8-18(17)20(4)11-12-21-9-5-6-10-21/h7-8,13,15,19H,5-6,9-12,14H2,1-4H3. The first kappa shape index (κ1) is 16.3. The van der Waals surface area contributed by atoms with Crippen LogP contribution in [-0.2, 0) is 6.54 Å². The molecule has 1 aromatic carbocycles. The van der Waals surface area contributed by atoms with Crippen LogP contribution in [0.3, 0.4) is 0 Å². The highest BCUT2D eigenvalue weighted by atomic mass is 15.2. The van der Waals surface area contributed by atoms with Gasteiger partial charge in [-0.15, -0.1) is 0 Å². The summed E-state index contributed by atoms with van der Waals surface area (Å²) in [5.74, 6) is 0. The molecular weight excluding hydrogens is 258 g/mol. The van der Waals surface area contributed by atoms with Crippen molar-refractivity contribution in [3.05, 3.63) is 29.3 Å². The van der Waals surface area contributed by atoms with E-state index in [9.17, 15) is 0 Å². The number of aryl methyl sites for hydroxylation is 1. The largest absolute Gasteiger partial charge is 0.373 e. The van der Waals surface area contributed by atoms with E-state index in [1.807, 2.05) is 0 Å². The lowest BCUT2D eigenvalue weighted by Gasteiger charge is -2.26. The molecule has 3 heteroatoms. The first-order chi connectivity index (χ1) is 10.1. The quantitative estimate of drug-likeness (QED) is 0.832. The van der Waals surface area contributed by atoms with Crippen molar-refractivity contribution >= 4 is 5.69 Å². The average Bonchev–Trinajstić information content (AvgIpc) is 2.96.